The molecule has 0 aliphatic carbocycles. The van der Waals surface area contributed by atoms with Crippen molar-refractivity contribution in [2.75, 3.05) is 18.7 Å². The molecule has 1 aliphatic heterocycles. The van der Waals surface area contributed by atoms with Gasteiger partial charge in [0.05, 0.1) is 0 Å². The number of nitrogens with one attached hydrogen (secondary N) is 1. The van der Waals surface area contributed by atoms with Gasteiger partial charge in [-0.3, -0.25) is 0 Å². The van der Waals surface area contributed by atoms with Crippen molar-refractivity contribution in [3.63, 3.8) is 0 Å². The molecule has 0 fully saturated rings. The third-order valence-electron chi connectivity index (χ3n) is 5.38. The number of benzene rings is 3. The van der Waals surface area contributed by atoms with Crippen molar-refractivity contribution in [1.29, 1.82) is 0 Å². The normalized spacial score (nSPS) is 12.0. The molecule has 0 unspecified atom stereocenters. The predicted molar refractivity (Wildman–Crippen MR) is 128 cm³/mol. The Morgan fingerprint density at radius 1 is 0.969 bits per heavy atom. The second-order valence-corrected chi connectivity index (χ2v) is 8.42. The summed E-state index contributed by atoms with van der Waals surface area (Å²) in [6, 6.07) is 18.8. The minimum atomic E-state index is -0.183. The van der Waals surface area contributed by atoms with Gasteiger partial charge in [-0.1, -0.05) is 54.4 Å². The van der Waals surface area contributed by atoms with Crippen LogP contribution in [0.1, 0.15) is 23.6 Å². The third-order valence-corrected chi connectivity index (χ3v) is 5.96. The zero-order valence-electron chi connectivity index (χ0n) is 17.7. The first-order chi connectivity index (χ1) is 15.5. The van der Waals surface area contributed by atoms with Crippen LogP contribution in [-0.2, 0) is 19.4 Å². The summed E-state index contributed by atoms with van der Waals surface area (Å²) in [4.78, 5) is 14.9. The van der Waals surface area contributed by atoms with E-state index in [9.17, 15) is 4.79 Å². The van der Waals surface area contributed by atoms with Crippen molar-refractivity contribution in [3.05, 3.63) is 87.4 Å². The van der Waals surface area contributed by atoms with Crippen molar-refractivity contribution in [2.45, 2.75) is 26.3 Å². The minimum Gasteiger partial charge on any atom is -0.454 e. The summed E-state index contributed by atoms with van der Waals surface area (Å²) >= 11 is 12.4. The fourth-order valence-corrected chi connectivity index (χ4v) is 4.02. The highest BCUT2D eigenvalue weighted by Crippen LogP contribution is 2.33. The number of ether oxygens (including phenoxy) is 2. The fourth-order valence-electron chi connectivity index (χ4n) is 3.52. The van der Waals surface area contributed by atoms with E-state index >= 15 is 0 Å². The molecular weight excluding hydrogens is 447 g/mol. The van der Waals surface area contributed by atoms with Gasteiger partial charge in [0, 0.05) is 28.8 Å². The van der Waals surface area contributed by atoms with E-state index in [1.807, 2.05) is 48.5 Å². The van der Waals surface area contributed by atoms with E-state index in [0.29, 0.717) is 41.1 Å². The lowest BCUT2D eigenvalue weighted by atomic mass is 10.1. The van der Waals surface area contributed by atoms with Gasteiger partial charge in [0.15, 0.2) is 11.5 Å². The summed E-state index contributed by atoms with van der Waals surface area (Å²) in [5.74, 6) is 1.41. The monoisotopic (exact) mass is 470 g/mol. The molecule has 1 heterocycles. The van der Waals surface area contributed by atoms with Crippen LogP contribution in [0, 0.1) is 0 Å². The standard InChI is InChI=1S/C25H24Cl2N2O3/c1-2-17-3-8-21(9-4-17)28-25(30)29(12-11-19-6-7-20(26)14-22(19)27)15-18-5-10-23-24(13-18)32-16-31-23/h3-10,13-14H,2,11-12,15-16H2,1H3,(H,28,30). The van der Waals surface area contributed by atoms with Crippen LogP contribution in [0.3, 0.4) is 0 Å². The molecule has 2 amide bonds. The Morgan fingerprint density at radius 3 is 2.47 bits per heavy atom. The van der Waals surface area contributed by atoms with E-state index in [0.717, 1.165) is 23.2 Å². The van der Waals surface area contributed by atoms with Gasteiger partial charge < -0.3 is 19.7 Å². The molecule has 7 heteroatoms. The van der Waals surface area contributed by atoms with Crippen molar-refractivity contribution < 1.29 is 14.3 Å². The van der Waals surface area contributed by atoms with E-state index < -0.39 is 0 Å². The van der Waals surface area contributed by atoms with Gasteiger partial charge in [0.25, 0.3) is 0 Å². The molecular formula is C25H24Cl2N2O3. The number of carbonyl (C=O) groups excluding carboxylic acids is 1. The number of aryl methyl sites for hydroxylation is 1. The number of fused-ring (bicyclic) bond motifs is 1. The fraction of sp³-hybridized carbons (Fsp3) is 0.240. The van der Waals surface area contributed by atoms with Gasteiger partial charge in [0.2, 0.25) is 6.79 Å². The maximum absolute atomic E-state index is 13.2. The number of anilines is 1. The van der Waals surface area contributed by atoms with Crippen LogP contribution in [0.15, 0.2) is 60.7 Å². The van der Waals surface area contributed by atoms with Crippen LogP contribution in [0.5, 0.6) is 11.5 Å². The quantitative estimate of drug-likeness (QED) is 0.425. The Bertz CT molecular complexity index is 1100. The first-order valence-corrected chi connectivity index (χ1v) is 11.2. The predicted octanol–water partition coefficient (Wildman–Crippen LogP) is 6.56. The number of nitrogens with zero attached hydrogens (tertiary/aromatic N) is 1. The lowest BCUT2D eigenvalue weighted by molar-refractivity contribution is 0.174. The molecule has 3 aromatic carbocycles. The summed E-state index contributed by atoms with van der Waals surface area (Å²) in [6.45, 7) is 3.21. The Labute approximate surface area is 197 Å². The van der Waals surface area contributed by atoms with Gasteiger partial charge >= 0.3 is 6.03 Å². The molecule has 1 aliphatic rings. The lowest BCUT2D eigenvalue weighted by Gasteiger charge is -2.24. The van der Waals surface area contributed by atoms with Gasteiger partial charge in [0.1, 0.15) is 0 Å². The van der Waals surface area contributed by atoms with Gasteiger partial charge in [-0.25, -0.2) is 4.79 Å². The lowest BCUT2D eigenvalue weighted by Crippen LogP contribution is -2.36. The van der Waals surface area contributed by atoms with Crippen molar-refractivity contribution in [1.82, 2.24) is 4.90 Å². The first kappa shape index (κ1) is 22.3. The molecule has 5 nitrogen and oxygen atoms in total. The molecule has 0 spiro atoms. The van der Waals surface area contributed by atoms with Gasteiger partial charge in [-0.2, -0.15) is 0 Å². The zero-order chi connectivity index (χ0) is 22.5. The average molecular weight is 471 g/mol. The van der Waals surface area contributed by atoms with Crippen molar-refractivity contribution >= 4 is 34.9 Å². The number of halogens is 2. The molecule has 4 rings (SSSR count). The summed E-state index contributed by atoms with van der Waals surface area (Å²) < 4.78 is 10.9. The number of carbonyl (C=O) groups is 1. The molecule has 0 saturated heterocycles. The molecule has 0 radical (unpaired) electrons. The highest BCUT2D eigenvalue weighted by Gasteiger charge is 2.18. The van der Waals surface area contributed by atoms with Crippen LogP contribution in [0.25, 0.3) is 0 Å². The Kier molecular flexibility index (Phi) is 7.08. The van der Waals surface area contributed by atoms with Gasteiger partial charge in [-0.15, -0.1) is 0 Å². The second-order valence-electron chi connectivity index (χ2n) is 7.58. The first-order valence-electron chi connectivity index (χ1n) is 10.5. The number of hydrogen-bond acceptors (Lipinski definition) is 3. The Morgan fingerprint density at radius 2 is 1.72 bits per heavy atom. The minimum absolute atomic E-state index is 0.183. The summed E-state index contributed by atoms with van der Waals surface area (Å²) in [5.41, 5.74) is 3.87. The summed E-state index contributed by atoms with van der Waals surface area (Å²) in [7, 11) is 0. The van der Waals surface area contributed by atoms with Gasteiger partial charge in [-0.05, 0) is 65.9 Å². The van der Waals surface area contributed by atoms with Crippen LogP contribution in [0.2, 0.25) is 10.0 Å². The second kappa shape index (κ2) is 10.2. The largest absolute Gasteiger partial charge is 0.454 e. The molecule has 1 N–H and O–H groups in total. The molecule has 0 saturated carbocycles. The average Bonchev–Trinajstić information content (AvgIpc) is 3.26. The highest BCUT2D eigenvalue weighted by atomic mass is 35.5. The topological polar surface area (TPSA) is 50.8 Å². The number of rotatable bonds is 7. The molecule has 32 heavy (non-hydrogen) atoms. The molecule has 0 aromatic heterocycles. The molecule has 166 valence electrons. The number of urea groups is 1. The van der Waals surface area contributed by atoms with E-state index in [4.69, 9.17) is 32.7 Å². The molecule has 0 bridgehead atoms. The highest BCUT2D eigenvalue weighted by molar-refractivity contribution is 6.35. The molecule has 3 aromatic rings. The number of hydrogen-bond donors (Lipinski definition) is 1. The Balaban J connectivity index is 1.51. The van der Waals surface area contributed by atoms with Crippen LogP contribution >= 0.6 is 23.2 Å². The van der Waals surface area contributed by atoms with E-state index in [2.05, 4.69) is 12.2 Å². The summed E-state index contributed by atoms with van der Waals surface area (Å²) in [5, 5.41) is 4.18. The maximum Gasteiger partial charge on any atom is 0.322 e. The zero-order valence-corrected chi connectivity index (χ0v) is 19.2. The van der Waals surface area contributed by atoms with E-state index in [1.165, 1.54) is 5.56 Å². The number of amides is 2. The maximum atomic E-state index is 13.2. The molecule has 0 atom stereocenters. The third kappa shape index (κ3) is 5.47. The van der Waals surface area contributed by atoms with Crippen molar-refractivity contribution in [3.8, 4) is 11.5 Å². The Hall–Kier alpha value is -2.89. The van der Waals surface area contributed by atoms with E-state index in [1.54, 1.807) is 17.0 Å². The van der Waals surface area contributed by atoms with Crippen LogP contribution in [-0.4, -0.2) is 24.3 Å². The SMILES string of the molecule is CCc1ccc(NC(=O)N(CCc2ccc(Cl)cc2Cl)Cc2ccc3c(c2)OCO3)cc1. The van der Waals surface area contributed by atoms with E-state index in [-0.39, 0.29) is 12.8 Å². The summed E-state index contributed by atoms with van der Waals surface area (Å²) in [6.07, 6.45) is 1.55. The van der Waals surface area contributed by atoms with Crippen molar-refractivity contribution in [2.24, 2.45) is 0 Å². The smallest absolute Gasteiger partial charge is 0.322 e. The van der Waals surface area contributed by atoms with Crippen LogP contribution in [0.4, 0.5) is 10.5 Å². The van der Waals surface area contributed by atoms with Crippen LogP contribution < -0.4 is 14.8 Å².